The number of aliphatic hydroxyl groups is 1. The molecule has 1 aromatic heterocycles. The highest BCUT2D eigenvalue weighted by Crippen LogP contribution is 2.37. The lowest BCUT2D eigenvalue weighted by atomic mass is 10.1. The van der Waals surface area contributed by atoms with Crippen LogP contribution < -0.4 is 14.4 Å². The summed E-state index contributed by atoms with van der Waals surface area (Å²) >= 11 is 0. The molecule has 0 radical (unpaired) electrons. The van der Waals surface area contributed by atoms with E-state index in [1.165, 1.54) is 6.08 Å². The van der Waals surface area contributed by atoms with Crippen LogP contribution in [0.5, 0.6) is 5.88 Å². The van der Waals surface area contributed by atoms with Gasteiger partial charge in [-0.25, -0.2) is 8.42 Å². The Bertz CT molecular complexity index is 1260. The molecule has 2 heterocycles. The van der Waals surface area contributed by atoms with Crippen molar-refractivity contribution in [2.24, 2.45) is 0 Å². The van der Waals surface area contributed by atoms with E-state index in [4.69, 9.17) is 9.47 Å². The van der Waals surface area contributed by atoms with Gasteiger partial charge in [-0.2, -0.15) is 9.97 Å². The van der Waals surface area contributed by atoms with Crippen molar-refractivity contribution in [3.05, 3.63) is 71.1 Å². The fourth-order valence-electron chi connectivity index (χ4n) is 3.54. The molecule has 1 aliphatic rings. The first-order chi connectivity index (χ1) is 16.9. The molecule has 0 aliphatic carbocycles. The van der Waals surface area contributed by atoms with Crippen LogP contribution in [0.3, 0.4) is 0 Å². The minimum atomic E-state index is -3.93. The van der Waals surface area contributed by atoms with Gasteiger partial charge in [-0.05, 0) is 24.1 Å². The van der Waals surface area contributed by atoms with Gasteiger partial charge in [0.05, 0.1) is 30.8 Å². The largest absolute Gasteiger partial charge is 0.475 e. The van der Waals surface area contributed by atoms with Gasteiger partial charge in [-0.1, -0.05) is 60.2 Å². The number of aryl methyl sites for hydroxylation is 1. The van der Waals surface area contributed by atoms with Crippen LogP contribution in [-0.2, 0) is 14.8 Å². The van der Waals surface area contributed by atoms with Crippen LogP contribution in [0.1, 0.15) is 11.1 Å². The Morgan fingerprint density at radius 1 is 1.09 bits per heavy atom. The molecule has 35 heavy (non-hydrogen) atoms. The summed E-state index contributed by atoms with van der Waals surface area (Å²) in [4.78, 5) is 11.1. The molecule has 184 valence electrons. The van der Waals surface area contributed by atoms with E-state index in [-0.39, 0.29) is 24.9 Å². The smallest absolute Gasteiger partial charge is 0.256 e. The first kappa shape index (κ1) is 24.6. The third kappa shape index (κ3) is 6.56. The van der Waals surface area contributed by atoms with Gasteiger partial charge in [0.2, 0.25) is 11.8 Å². The summed E-state index contributed by atoms with van der Waals surface area (Å²) in [5.41, 5.74) is 2.87. The van der Waals surface area contributed by atoms with Gasteiger partial charge < -0.3 is 19.5 Å². The lowest BCUT2D eigenvalue weighted by Gasteiger charge is -2.28. The maximum Gasteiger partial charge on any atom is 0.256 e. The average molecular weight is 497 g/mol. The molecule has 1 saturated heterocycles. The summed E-state index contributed by atoms with van der Waals surface area (Å²) in [6.07, 6.45) is 1.52. The van der Waals surface area contributed by atoms with Crippen molar-refractivity contribution in [3.63, 3.8) is 0 Å². The molecule has 10 heteroatoms. The molecule has 0 atom stereocenters. The first-order valence-corrected chi connectivity index (χ1v) is 12.8. The number of hydrogen-bond donors (Lipinski definition) is 2. The molecular formula is C25H28N4O5S. The number of benzene rings is 2. The van der Waals surface area contributed by atoms with Gasteiger partial charge in [0.25, 0.3) is 10.0 Å². The summed E-state index contributed by atoms with van der Waals surface area (Å²) in [7, 11) is -3.93. The van der Waals surface area contributed by atoms with Crippen molar-refractivity contribution in [1.29, 1.82) is 0 Å². The predicted octanol–water partition coefficient (Wildman–Crippen LogP) is 3.07. The normalized spacial score (nSPS) is 14.3. The van der Waals surface area contributed by atoms with Crippen LogP contribution in [0, 0.1) is 6.92 Å². The van der Waals surface area contributed by atoms with E-state index < -0.39 is 10.0 Å². The zero-order valence-electron chi connectivity index (χ0n) is 19.4. The quantitative estimate of drug-likeness (QED) is 0.465. The summed E-state index contributed by atoms with van der Waals surface area (Å²) in [5, 5.41) is 10.5. The standard InChI is InChI=1S/C25H28N4O5S/c1-19-7-9-21(10-8-19)22-23(28-35(31,32)18-11-20-5-3-2-4-6-20)26-25(27-24(22)34-17-14-30)29-12-15-33-16-13-29/h2-11,18,30H,12-17H2,1H3,(H,26,27,28)/b18-11+. The highest BCUT2D eigenvalue weighted by atomic mass is 32.2. The van der Waals surface area contributed by atoms with E-state index in [1.807, 2.05) is 66.4 Å². The monoisotopic (exact) mass is 496 g/mol. The molecule has 4 rings (SSSR count). The first-order valence-electron chi connectivity index (χ1n) is 11.3. The second-order valence-corrected chi connectivity index (χ2v) is 9.52. The molecule has 0 saturated carbocycles. The maximum atomic E-state index is 13.1. The Morgan fingerprint density at radius 2 is 1.80 bits per heavy atom. The Balaban J connectivity index is 1.79. The zero-order chi connectivity index (χ0) is 24.7. The lowest BCUT2D eigenvalue weighted by molar-refractivity contribution is 0.122. The van der Waals surface area contributed by atoms with E-state index in [2.05, 4.69) is 14.7 Å². The van der Waals surface area contributed by atoms with Gasteiger partial charge in [0.1, 0.15) is 6.61 Å². The third-order valence-corrected chi connectivity index (χ3v) is 6.28. The summed E-state index contributed by atoms with van der Waals surface area (Å²) in [6.45, 7) is 3.88. The van der Waals surface area contributed by atoms with E-state index >= 15 is 0 Å². The maximum absolute atomic E-state index is 13.1. The highest BCUT2D eigenvalue weighted by molar-refractivity contribution is 7.95. The number of aromatic nitrogens is 2. The van der Waals surface area contributed by atoms with Gasteiger partial charge in [0, 0.05) is 13.1 Å². The number of nitrogens with zero attached hydrogens (tertiary/aromatic N) is 3. The van der Waals surface area contributed by atoms with Crippen LogP contribution >= 0.6 is 0 Å². The Hall–Kier alpha value is -3.47. The number of rotatable bonds is 9. The van der Waals surface area contributed by atoms with Crippen LogP contribution in [0.15, 0.2) is 60.0 Å². The second-order valence-electron chi connectivity index (χ2n) is 7.95. The predicted molar refractivity (Wildman–Crippen MR) is 136 cm³/mol. The Kier molecular flexibility index (Phi) is 7.96. The van der Waals surface area contributed by atoms with E-state index in [1.54, 1.807) is 0 Å². The minimum Gasteiger partial charge on any atom is -0.475 e. The van der Waals surface area contributed by atoms with Gasteiger partial charge in [-0.3, -0.25) is 4.72 Å². The van der Waals surface area contributed by atoms with Crippen molar-refractivity contribution in [2.75, 3.05) is 49.1 Å². The Labute approximate surface area is 205 Å². The Morgan fingerprint density at radius 3 is 2.49 bits per heavy atom. The number of hydrogen-bond acceptors (Lipinski definition) is 8. The van der Waals surface area contributed by atoms with Gasteiger partial charge in [-0.15, -0.1) is 0 Å². The molecule has 9 nitrogen and oxygen atoms in total. The topological polar surface area (TPSA) is 114 Å². The molecule has 3 aromatic rings. The molecule has 0 amide bonds. The molecule has 0 bridgehead atoms. The second kappa shape index (κ2) is 11.3. The number of nitrogens with one attached hydrogen (secondary N) is 1. The number of sulfonamides is 1. The van der Waals surface area contributed by atoms with Crippen LogP contribution in [0.4, 0.5) is 11.8 Å². The number of ether oxygens (including phenoxy) is 2. The fraction of sp³-hybridized carbons (Fsp3) is 0.280. The molecule has 2 aromatic carbocycles. The van der Waals surface area contributed by atoms with Gasteiger partial charge >= 0.3 is 0 Å². The molecule has 0 unspecified atom stereocenters. The lowest BCUT2D eigenvalue weighted by Crippen LogP contribution is -2.37. The average Bonchev–Trinajstić information content (AvgIpc) is 2.88. The van der Waals surface area contributed by atoms with Crippen molar-refractivity contribution < 1.29 is 23.0 Å². The molecule has 1 aliphatic heterocycles. The van der Waals surface area contributed by atoms with Gasteiger partial charge in [0.15, 0.2) is 5.82 Å². The summed E-state index contributed by atoms with van der Waals surface area (Å²) in [6, 6.07) is 16.7. The highest BCUT2D eigenvalue weighted by Gasteiger charge is 2.24. The number of morpholine rings is 1. The number of anilines is 2. The van der Waals surface area contributed by atoms with E-state index in [9.17, 15) is 13.5 Å². The van der Waals surface area contributed by atoms with Crippen molar-refractivity contribution >= 4 is 27.9 Å². The third-order valence-electron chi connectivity index (χ3n) is 5.31. The van der Waals surface area contributed by atoms with Crippen LogP contribution in [-0.4, -0.2) is 63.0 Å². The molecule has 2 N–H and O–H groups in total. The number of aliphatic hydroxyl groups excluding tert-OH is 1. The van der Waals surface area contributed by atoms with Crippen molar-refractivity contribution in [2.45, 2.75) is 6.92 Å². The SMILES string of the molecule is Cc1ccc(-c2c(NS(=O)(=O)/C=C/c3ccccc3)nc(N3CCOCC3)nc2OCCO)cc1. The van der Waals surface area contributed by atoms with Crippen LogP contribution in [0.2, 0.25) is 0 Å². The summed E-state index contributed by atoms with van der Waals surface area (Å²) in [5.74, 6) is 0.599. The van der Waals surface area contributed by atoms with Crippen molar-refractivity contribution in [3.8, 4) is 17.0 Å². The summed E-state index contributed by atoms with van der Waals surface area (Å²) < 4.78 is 39.9. The fourth-order valence-corrected chi connectivity index (χ4v) is 4.36. The van der Waals surface area contributed by atoms with E-state index in [0.717, 1.165) is 16.5 Å². The van der Waals surface area contributed by atoms with E-state index in [0.29, 0.717) is 43.4 Å². The zero-order valence-corrected chi connectivity index (χ0v) is 20.2. The van der Waals surface area contributed by atoms with Crippen molar-refractivity contribution in [1.82, 2.24) is 9.97 Å². The molecule has 0 spiro atoms. The minimum absolute atomic E-state index is 0.00146. The molecule has 1 fully saturated rings. The molecular weight excluding hydrogens is 468 g/mol. The van der Waals surface area contributed by atoms with Crippen LogP contribution in [0.25, 0.3) is 17.2 Å².